The number of hydrogen-bond acceptors (Lipinski definition) is 4. The summed E-state index contributed by atoms with van der Waals surface area (Å²) in [5.74, 6) is -0.337. The van der Waals surface area contributed by atoms with Crippen LogP contribution in [-0.4, -0.2) is 42.5 Å². The van der Waals surface area contributed by atoms with Crippen LogP contribution in [0.15, 0.2) is 0 Å². The van der Waals surface area contributed by atoms with Crippen molar-refractivity contribution in [3.8, 4) is 0 Å². The molecule has 0 bridgehead atoms. The standard InChI is InChI=1S/C13H24N2O3/c1-4-9(2)11(14)12(16)15-8-6-5-7-10(15)13(17)18-3/h9-11H,4-8,14H2,1-3H3/t9?,10?,11-/m0/s1. The smallest absolute Gasteiger partial charge is 0.328 e. The maximum Gasteiger partial charge on any atom is 0.328 e. The van der Waals surface area contributed by atoms with Crippen molar-refractivity contribution in [3.63, 3.8) is 0 Å². The normalized spacial score (nSPS) is 23.3. The Hall–Kier alpha value is -1.10. The molecule has 1 amide bonds. The fourth-order valence-electron chi connectivity index (χ4n) is 2.27. The van der Waals surface area contributed by atoms with Gasteiger partial charge in [-0.1, -0.05) is 20.3 Å². The van der Waals surface area contributed by atoms with Crippen LogP contribution in [0.1, 0.15) is 39.5 Å². The Morgan fingerprint density at radius 3 is 2.67 bits per heavy atom. The first kappa shape index (κ1) is 15.0. The lowest BCUT2D eigenvalue weighted by atomic mass is 9.95. The van der Waals surface area contributed by atoms with Gasteiger partial charge in [0, 0.05) is 6.54 Å². The third-order valence-corrected chi connectivity index (χ3v) is 3.80. The lowest BCUT2D eigenvalue weighted by molar-refractivity contribution is -0.155. The molecule has 0 spiro atoms. The second-order valence-corrected chi connectivity index (χ2v) is 4.98. The number of ether oxygens (including phenoxy) is 1. The Bertz CT molecular complexity index is 307. The van der Waals surface area contributed by atoms with Gasteiger partial charge >= 0.3 is 5.97 Å². The van der Waals surface area contributed by atoms with E-state index in [1.807, 2.05) is 13.8 Å². The summed E-state index contributed by atoms with van der Waals surface area (Å²) in [6.45, 7) is 4.56. The Kier molecular flexibility index (Phi) is 5.59. The van der Waals surface area contributed by atoms with Crippen LogP contribution in [-0.2, 0) is 14.3 Å². The van der Waals surface area contributed by atoms with Crippen LogP contribution in [0.4, 0.5) is 0 Å². The maximum absolute atomic E-state index is 12.3. The summed E-state index contributed by atoms with van der Waals surface area (Å²) in [7, 11) is 1.36. The van der Waals surface area contributed by atoms with E-state index in [2.05, 4.69) is 0 Å². The molecule has 0 aliphatic carbocycles. The minimum atomic E-state index is -0.528. The average molecular weight is 256 g/mol. The number of rotatable bonds is 4. The molecule has 1 heterocycles. The number of esters is 1. The van der Waals surface area contributed by atoms with Gasteiger partial charge in [-0.05, 0) is 25.2 Å². The van der Waals surface area contributed by atoms with E-state index in [0.29, 0.717) is 13.0 Å². The fourth-order valence-corrected chi connectivity index (χ4v) is 2.27. The second kappa shape index (κ2) is 6.73. The van der Waals surface area contributed by atoms with Crippen LogP contribution in [0.5, 0.6) is 0 Å². The first-order chi connectivity index (χ1) is 8.52. The zero-order chi connectivity index (χ0) is 13.7. The number of methoxy groups -OCH3 is 1. The quantitative estimate of drug-likeness (QED) is 0.759. The van der Waals surface area contributed by atoms with Crippen molar-refractivity contribution in [2.75, 3.05) is 13.7 Å². The largest absolute Gasteiger partial charge is 0.467 e. The van der Waals surface area contributed by atoms with Gasteiger partial charge in [-0.3, -0.25) is 4.79 Å². The third kappa shape index (κ3) is 3.22. The summed E-state index contributed by atoms with van der Waals surface area (Å²) in [5, 5.41) is 0. The molecule has 104 valence electrons. The number of carbonyl (C=O) groups is 2. The van der Waals surface area contributed by atoms with Gasteiger partial charge in [0.1, 0.15) is 6.04 Å². The molecule has 1 aliphatic rings. The lowest BCUT2D eigenvalue weighted by Gasteiger charge is -2.36. The Morgan fingerprint density at radius 2 is 2.11 bits per heavy atom. The number of likely N-dealkylation sites (tertiary alicyclic amines) is 1. The highest BCUT2D eigenvalue weighted by Crippen LogP contribution is 2.20. The summed E-state index contributed by atoms with van der Waals surface area (Å²) in [5.41, 5.74) is 5.96. The third-order valence-electron chi connectivity index (χ3n) is 3.80. The van der Waals surface area contributed by atoms with Crippen molar-refractivity contribution < 1.29 is 14.3 Å². The number of hydrogen-bond donors (Lipinski definition) is 1. The molecule has 0 saturated carbocycles. The van der Waals surface area contributed by atoms with Crippen molar-refractivity contribution >= 4 is 11.9 Å². The van der Waals surface area contributed by atoms with Crippen LogP contribution >= 0.6 is 0 Å². The Balaban J connectivity index is 2.77. The monoisotopic (exact) mass is 256 g/mol. The van der Waals surface area contributed by atoms with Crippen LogP contribution in [0, 0.1) is 5.92 Å². The Labute approximate surface area is 109 Å². The summed E-state index contributed by atoms with van der Waals surface area (Å²) in [4.78, 5) is 25.6. The van der Waals surface area contributed by atoms with E-state index < -0.39 is 12.1 Å². The number of piperidine rings is 1. The van der Waals surface area contributed by atoms with E-state index in [-0.39, 0.29) is 17.8 Å². The summed E-state index contributed by atoms with van der Waals surface area (Å²) in [6.07, 6.45) is 3.39. The molecule has 18 heavy (non-hydrogen) atoms. The van der Waals surface area contributed by atoms with Gasteiger partial charge in [-0.15, -0.1) is 0 Å². The number of nitrogens with two attached hydrogens (primary N) is 1. The van der Waals surface area contributed by atoms with Crippen LogP contribution in [0.25, 0.3) is 0 Å². The average Bonchev–Trinajstić information content (AvgIpc) is 2.43. The molecule has 2 N–H and O–H groups in total. The van der Waals surface area contributed by atoms with Gasteiger partial charge in [-0.2, -0.15) is 0 Å². The maximum atomic E-state index is 12.3. The molecule has 3 atom stereocenters. The van der Waals surface area contributed by atoms with Crippen LogP contribution in [0.3, 0.4) is 0 Å². The summed E-state index contributed by atoms with van der Waals surface area (Å²) >= 11 is 0. The first-order valence-corrected chi connectivity index (χ1v) is 6.66. The van der Waals surface area contributed by atoms with Crippen molar-refractivity contribution in [1.82, 2.24) is 4.90 Å². The number of amides is 1. The molecule has 1 saturated heterocycles. The van der Waals surface area contributed by atoms with Crippen molar-refractivity contribution in [2.24, 2.45) is 11.7 Å². The molecule has 5 heteroatoms. The molecule has 0 aromatic rings. The van der Waals surface area contributed by atoms with Gasteiger partial charge in [0.15, 0.2) is 0 Å². The van der Waals surface area contributed by atoms with Gasteiger partial charge in [0.25, 0.3) is 0 Å². The molecule has 0 radical (unpaired) electrons. The van der Waals surface area contributed by atoms with E-state index >= 15 is 0 Å². The molecule has 2 unspecified atom stereocenters. The van der Waals surface area contributed by atoms with Crippen LogP contribution < -0.4 is 5.73 Å². The second-order valence-electron chi connectivity index (χ2n) is 4.98. The molecule has 0 aromatic carbocycles. The van der Waals surface area contributed by atoms with Gasteiger partial charge < -0.3 is 15.4 Å². The zero-order valence-corrected chi connectivity index (χ0v) is 11.5. The van der Waals surface area contributed by atoms with E-state index in [1.54, 1.807) is 4.90 Å². The van der Waals surface area contributed by atoms with Crippen molar-refractivity contribution in [1.29, 1.82) is 0 Å². The van der Waals surface area contributed by atoms with E-state index in [0.717, 1.165) is 19.3 Å². The molecule has 1 rings (SSSR count). The minimum Gasteiger partial charge on any atom is -0.467 e. The summed E-state index contributed by atoms with van der Waals surface area (Å²) in [6, 6.07) is -0.980. The number of carbonyl (C=O) groups excluding carboxylic acids is 2. The SMILES string of the molecule is CCC(C)[C@H](N)C(=O)N1CCCCC1C(=O)OC. The van der Waals surface area contributed by atoms with E-state index in [4.69, 9.17) is 10.5 Å². The number of nitrogens with zero attached hydrogens (tertiary/aromatic N) is 1. The molecule has 1 fully saturated rings. The minimum absolute atomic E-state index is 0.123. The van der Waals surface area contributed by atoms with Gasteiger partial charge in [0.05, 0.1) is 13.2 Å². The van der Waals surface area contributed by atoms with Gasteiger partial charge in [-0.25, -0.2) is 4.79 Å². The predicted molar refractivity (Wildman–Crippen MR) is 68.8 cm³/mol. The molecule has 1 aliphatic heterocycles. The highest BCUT2D eigenvalue weighted by atomic mass is 16.5. The fraction of sp³-hybridized carbons (Fsp3) is 0.846. The first-order valence-electron chi connectivity index (χ1n) is 6.66. The molecule has 0 aromatic heterocycles. The van der Waals surface area contributed by atoms with Crippen molar-refractivity contribution in [2.45, 2.75) is 51.6 Å². The van der Waals surface area contributed by atoms with E-state index in [9.17, 15) is 9.59 Å². The summed E-state index contributed by atoms with van der Waals surface area (Å²) < 4.78 is 4.76. The highest BCUT2D eigenvalue weighted by Gasteiger charge is 2.35. The van der Waals surface area contributed by atoms with E-state index in [1.165, 1.54) is 7.11 Å². The Morgan fingerprint density at radius 1 is 1.44 bits per heavy atom. The van der Waals surface area contributed by atoms with Gasteiger partial charge in [0.2, 0.25) is 5.91 Å². The van der Waals surface area contributed by atoms with Crippen molar-refractivity contribution in [3.05, 3.63) is 0 Å². The zero-order valence-electron chi connectivity index (χ0n) is 11.5. The highest BCUT2D eigenvalue weighted by molar-refractivity contribution is 5.87. The molecular weight excluding hydrogens is 232 g/mol. The topological polar surface area (TPSA) is 72.6 Å². The molecular formula is C13H24N2O3. The molecule has 5 nitrogen and oxygen atoms in total. The predicted octanol–water partition coefficient (Wildman–Crippen LogP) is 0.914. The lowest BCUT2D eigenvalue weighted by Crippen LogP contribution is -2.55. The van der Waals surface area contributed by atoms with Crippen LogP contribution in [0.2, 0.25) is 0 Å².